The van der Waals surface area contributed by atoms with E-state index in [0.717, 1.165) is 0 Å². The van der Waals surface area contributed by atoms with Crippen LogP contribution in [0.15, 0.2) is 12.3 Å². The summed E-state index contributed by atoms with van der Waals surface area (Å²) < 4.78 is 36.1. The van der Waals surface area contributed by atoms with Crippen molar-refractivity contribution in [1.82, 2.24) is 9.97 Å². The molecule has 8 heteroatoms. The van der Waals surface area contributed by atoms with Gasteiger partial charge < -0.3 is 11.1 Å². The number of anilines is 1. The summed E-state index contributed by atoms with van der Waals surface area (Å²) in [5, 5.41) is 2.60. The molecule has 1 aromatic rings. The normalized spacial score (nSPS) is 13.1. The second-order valence-electron chi connectivity index (χ2n) is 3.76. The number of hydrogen-bond acceptors (Lipinski definition) is 4. The van der Waals surface area contributed by atoms with Gasteiger partial charge in [0.25, 0.3) is 0 Å². The summed E-state index contributed by atoms with van der Waals surface area (Å²) in [6.07, 6.45) is -4.08. The number of carbonyl (C=O) groups excluding carboxylic acids is 1. The van der Waals surface area contributed by atoms with Crippen LogP contribution in [0.5, 0.6) is 0 Å². The van der Waals surface area contributed by atoms with E-state index < -0.39 is 24.5 Å². The monoisotopic (exact) mass is 262 g/mol. The molecular weight excluding hydrogens is 249 g/mol. The smallest absolute Gasteiger partial charge is 0.368 e. The van der Waals surface area contributed by atoms with Crippen LogP contribution in [0.2, 0.25) is 0 Å². The highest BCUT2D eigenvalue weighted by molar-refractivity contribution is 5.81. The van der Waals surface area contributed by atoms with Crippen molar-refractivity contribution in [3.8, 4) is 0 Å². The van der Waals surface area contributed by atoms with E-state index in [1.807, 2.05) is 0 Å². The summed E-state index contributed by atoms with van der Waals surface area (Å²) in [5.41, 5.74) is 5.28. The third-order valence-electron chi connectivity index (χ3n) is 2.15. The zero-order valence-corrected chi connectivity index (χ0v) is 9.66. The predicted molar refractivity (Wildman–Crippen MR) is 58.7 cm³/mol. The summed E-state index contributed by atoms with van der Waals surface area (Å²) >= 11 is 0. The van der Waals surface area contributed by atoms with Crippen molar-refractivity contribution >= 4 is 11.9 Å². The van der Waals surface area contributed by atoms with Crippen LogP contribution in [-0.4, -0.2) is 28.1 Å². The first kappa shape index (κ1) is 14.2. The van der Waals surface area contributed by atoms with Gasteiger partial charge >= 0.3 is 6.18 Å². The molecular formula is C10H13F3N4O. The quantitative estimate of drug-likeness (QED) is 0.837. The lowest BCUT2D eigenvalue weighted by Crippen LogP contribution is -2.33. The zero-order chi connectivity index (χ0) is 13.8. The van der Waals surface area contributed by atoms with Crippen molar-refractivity contribution < 1.29 is 18.0 Å². The second-order valence-corrected chi connectivity index (χ2v) is 3.76. The Hall–Kier alpha value is -1.86. The SMILES string of the molecule is C[C@@H](Nc1nccc(CCC(F)(F)F)n1)C(N)=O. The van der Waals surface area contributed by atoms with Gasteiger partial charge in [-0.3, -0.25) is 4.79 Å². The number of rotatable bonds is 5. The lowest BCUT2D eigenvalue weighted by molar-refractivity contribution is -0.134. The van der Waals surface area contributed by atoms with Crippen LogP contribution in [0.4, 0.5) is 19.1 Å². The minimum absolute atomic E-state index is 0.0842. The molecule has 100 valence electrons. The van der Waals surface area contributed by atoms with E-state index in [-0.39, 0.29) is 18.1 Å². The van der Waals surface area contributed by atoms with Gasteiger partial charge in [0, 0.05) is 18.3 Å². The number of aryl methyl sites for hydroxylation is 1. The largest absolute Gasteiger partial charge is 0.389 e. The Bertz CT molecular complexity index is 422. The first-order valence-electron chi connectivity index (χ1n) is 5.22. The summed E-state index contributed by atoms with van der Waals surface area (Å²) in [5.74, 6) is -0.514. The molecule has 0 radical (unpaired) electrons. The highest BCUT2D eigenvalue weighted by atomic mass is 19.4. The highest BCUT2D eigenvalue weighted by Gasteiger charge is 2.26. The fourth-order valence-electron chi connectivity index (χ4n) is 1.14. The van der Waals surface area contributed by atoms with Crippen LogP contribution in [-0.2, 0) is 11.2 Å². The van der Waals surface area contributed by atoms with Gasteiger partial charge in [-0.05, 0) is 19.4 Å². The molecule has 0 spiro atoms. The van der Waals surface area contributed by atoms with E-state index in [1.165, 1.54) is 19.2 Å². The second kappa shape index (κ2) is 5.65. The first-order chi connectivity index (χ1) is 8.28. The minimum Gasteiger partial charge on any atom is -0.368 e. The van der Waals surface area contributed by atoms with Crippen molar-refractivity contribution in [2.45, 2.75) is 32.0 Å². The van der Waals surface area contributed by atoms with Crippen LogP contribution in [0.25, 0.3) is 0 Å². The maximum absolute atomic E-state index is 12.0. The van der Waals surface area contributed by atoms with E-state index in [2.05, 4.69) is 15.3 Å². The van der Waals surface area contributed by atoms with Gasteiger partial charge in [-0.15, -0.1) is 0 Å². The summed E-state index contributed by atoms with van der Waals surface area (Å²) in [7, 11) is 0. The Kier molecular flexibility index (Phi) is 4.46. The van der Waals surface area contributed by atoms with Gasteiger partial charge in [0.2, 0.25) is 11.9 Å². The number of amides is 1. The Balaban J connectivity index is 2.65. The van der Waals surface area contributed by atoms with Crippen LogP contribution in [0, 0.1) is 0 Å². The van der Waals surface area contributed by atoms with Crippen LogP contribution >= 0.6 is 0 Å². The molecule has 0 aromatic carbocycles. The third kappa shape index (κ3) is 4.98. The molecule has 1 aromatic heterocycles. The van der Waals surface area contributed by atoms with Crippen molar-refractivity contribution in [3.63, 3.8) is 0 Å². The molecule has 0 aliphatic heterocycles. The first-order valence-corrected chi connectivity index (χ1v) is 5.22. The van der Waals surface area contributed by atoms with Crippen molar-refractivity contribution in [1.29, 1.82) is 0 Å². The van der Waals surface area contributed by atoms with Crippen LogP contribution in [0.1, 0.15) is 19.0 Å². The van der Waals surface area contributed by atoms with Crippen molar-refractivity contribution in [2.75, 3.05) is 5.32 Å². The molecule has 5 nitrogen and oxygen atoms in total. The number of aromatic nitrogens is 2. The Morgan fingerprint density at radius 3 is 2.78 bits per heavy atom. The molecule has 0 saturated carbocycles. The third-order valence-corrected chi connectivity index (χ3v) is 2.15. The van der Waals surface area contributed by atoms with E-state index in [0.29, 0.717) is 0 Å². The lowest BCUT2D eigenvalue weighted by Gasteiger charge is -2.11. The van der Waals surface area contributed by atoms with Gasteiger partial charge in [-0.1, -0.05) is 0 Å². The highest BCUT2D eigenvalue weighted by Crippen LogP contribution is 2.21. The van der Waals surface area contributed by atoms with Crippen LogP contribution < -0.4 is 11.1 Å². The molecule has 1 amide bonds. The molecule has 1 heterocycles. The van der Waals surface area contributed by atoms with Gasteiger partial charge in [-0.2, -0.15) is 13.2 Å². The van der Waals surface area contributed by atoms with E-state index >= 15 is 0 Å². The fraction of sp³-hybridized carbons (Fsp3) is 0.500. The standard InChI is InChI=1S/C10H13F3N4O/c1-6(8(14)18)16-9-15-5-3-7(17-9)2-4-10(11,12)13/h3,5-6H,2,4H2,1H3,(H2,14,18)(H,15,16,17)/t6-/m1/s1. The Morgan fingerprint density at radius 2 is 2.22 bits per heavy atom. The Labute approximate surface area is 102 Å². The van der Waals surface area contributed by atoms with E-state index in [4.69, 9.17) is 5.73 Å². The maximum atomic E-state index is 12.0. The van der Waals surface area contributed by atoms with E-state index in [9.17, 15) is 18.0 Å². The predicted octanol–water partition coefficient (Wildman–Crippen LogP) is 1.26. The number of hydrogen-bond donors (Lipinski definition) is 2. The summed E-state index contributed by atoms with van der Waals surface area (Å²) in [4.78, 5) is 18.5. The topological polar surface area (TPSA) is 80.9 Å². The number of nitrogens with one attached hydrogen (secondary N) is 1. The van der Waals surface area contributed by atoms with Gasteiger partial charge in [-0.25, -0.2) is 9.97 Å². The molecule has 1 rings (SSSR count). The van der Waals surface area contributed by atoms with Crippen molar-refractivity contribution in [3.05, 3.63) is 18.0 Å². The fourth-order valence-corrected chi connectivity index (χ4v) is 1.14. The zero-order valence-electron chi connectivity index (χ0n) is 9.66. The average molecular weight is 262 g/mol. The number of nitrogens with zero attached hydrogens (tertiary/aromatic N) is 2. The van der Waals surface area contributed by atoms with Crippen LogP contribution in [0.3, 0.4) is 0 Å². The number of nitrogens with two attached hydrogens (primary N) is 1. The summed E-state index contributed by atoms with van der Waals surface area (Å²) in [6.45, 7) is 1.51. The summed E-state index contributed by atoms with van der Waals surface area (Å²) in [6, 6.07) is 0.703. The molecule has 0 aliphatic carbocycles. The molecule has 0 aliphatic rings. The molecule has 0 bridgehead atoms. The Morgan fingerprint density at radius 1 is 1.56 bits per heavy atom. The molecule has 3 N–H and O–H groups in total. The molecule has 18 heavy (non-hydrogen) atoms. The molecule has 1 atom stereocenters. The lowest BCUT2D eigenvalue weighted by atomic mass is 10.2. The van der Waals surface area contributed by atoms with Gasteiger partial charge in [0.05, 0.1) is 0 Å². The molecule has 0 unspecified atom stereocenters. The molecule has 0 fully saturated rings. The number of halogens is 3. The minimum atomic E-state index is -4.22. The maximum Gasteiger partial charge on any atom is 0.389 e. The number of carbonyl (C=O) groups is 1. The number of primary amides is 1. The molecule has 0 saturated heterocycles. The average Bonchev–Trinajstić information content (AvgIpc) is 2.26. The van der Waals surface area contributed by atoms with Crippen molar-refractivity contribution in [2.24, 2.45) is 5.73 Å². The number of alkyl halides is 3. The van der Waals surface area contributed by atoms with E-state index in [1.54, 1.807) is 0 Å². The van der Waals surface area contributed by atoms with Gasteiger partial charge in [0.1, 0.15) is 6.04 Å². The van der Waals surface area contributed by atoms with Gasteiger partial charge in [0.15, 0.2) is 0 Å².